The molecule has 0 aromatic heterocycles. The van der Waals surface area contributed by atoms with E-state index in [-0.39, 0.29) is 6.42 Å². The largest absolute Gasteiger partial charge is 0.385 e. The Morgan fingerprint density at radius 1 is 1.16 bits per heavy atom. The second-order valence-corrected chi connectivity index (χ2v) is 5.61. The van der Waals surface area contributed by atoms with E-state index >= 15 is 0 Å². The van der Waals surface area contributed by atoms with Crippen molar-refractivity contribution in [1.29, 1.82) is 0 Å². The van der Waals surface area contributed by atoms with E-state index in [4.69, 9.17) is 0 Å². The van der Waals surface area contributed by atoms with Gasteiger partial charge in [-0.15, -0.1) is 0 Å². The molecule has 0 aliphatic rings. The molecule has 0 spiro atoms. The van der Waals surface area contributed by atoms with E-state index in [1.807, 2.05) is 0 Å². The van der Waals surface area contributed by atoms with Gasteiger partial charge >= 0.3 is 0 Å². The molecule has 19 heavy (non-hydrogen) atoms. The summed E-state index contributed by atoms with van der Waals surface area (Å²) >= 11 is 3.18. The third-order valence-corrected chi connectivity index (χ3v) is 3.49. The average Bonchev–Trinajstić information content (AvgIpc) is 2.33. The van der Waals surface area contributed by atoms with Crippen LogP contribution in [0.25, 0.3) is 0 Å². The summed E-state index contributed by atoms with van der Waals surface area (Å²) in [4.78, 5) is 0. The molecule has 2 aromatic rings. The molecule has 0 bridgehead atoms. The second kappa shape index (κ2) is 5.39. The highest BCUT2D eigenvalue weighted by molar-refractivity contribution is 9.10. The third kappa shape index (κ3) is 3.39. The SMILES string of the molecule is CC(O)(Cc1ccc(Br)cc1F)c1cccc(F)c1. The van der Waals surface area contributed by atoms with Crippen molar-refractivity contribution < 1.29 is 13.9 Å². The van der Waals surface area contributed by atoms with E-state index in [2.05, 4.69) is 15.9 Å². The van der Waals surface area contributed by atoms with Gasteiger partial charge in [0.1, 0.15) is 11.6 Å². The number of benzene rings is 2. The fourth-order valence-corrected chi connectivity index (χ4v) is 2.29. The number of hydrogen-bond acceptors (Lipinski definition) is 1. The van der Waals surface area contributed by atoms with Crippen molar-refractivity contribution in [2.45, 2.75) is 18.9 Å². The summed E-state index contributed by atoms with van der Waals surface area (Å²) in [5.74, 6) is -0.819. The van der Waals surface area contributed by atoms with E-state index in [1.165, 1.54) is 24.3 Å². The summed E-state index contributed by atoms with van der Waals surface area (Å²) in [6.45, 7) is 1.54. The standard InChI is InChI=1S/C15H13BrF2O/c1-15(19,11-3-2-4-13(17)7-11)9-10-5-6-12(16)8-14(10)18/h2-8,19H,9H2,1H3. The fraction of sp³-hybridized carbons (Fsp3) is 0.200. The van der Waals surface area contributed by atoms with Crippen LogP contribution in [0.2, 0.25) is 0 Å². The lowest BCUT2D eigenvalue weighted by atomic mass is 9.89. The van der Waals surface area contributed by atoms with Gasteiger partial charge in [-0.05, 0) is 42.3 Å². The monoisotopic (exact) mass is 326 g/mol. The van der Waals surface area contributed by atoms with E-state index in [0.717, 1.165) is 0 Å². The Bertz CT molecular complexity index is 596. The Labute approximate surface area is 119 Å². The van der Waals surface area contributed by atoms with Crippen molar-refractivity contribution in [2.24, 2.45) is 0 Å². The van der Waals surface area contributed by atoms with Gasteiger partial charge in [0.25, 0.3) is 0 Å². The lowest BCUT2D eigenvalue weighted by molar-refractivity contribution is 0.0563. The van der Waals surface area contributed by atoms with Crippen LogP contribution >= 0.6 is 15.9 Å². The first-order valence-corrected chi connectivity index (χ1v) is 6.60. The molecule has 0 saturated carbocycles. The van der Waals surface area contributed by atoms with Gasteiger partial charge in [0.15, 0.2) is 0 Å². The molecule has 4 heteroatoms. The predicted molar refractivity (Wildman–Crippen MR) is 73.8 cm³/mol. The van der Waals surface area contributed by atoms with Crippen LogP contribution < -0.4 is 0 Å². The van der Waals surface area contributed by atoms with Crippen LogP contribution in [0.3, 0.4) is 0 Å². The van der Waals surface area contributed by atoms with Gasteiger partial charge in [0.05, 0.1) is 5.60 Å². The summed E-state index contributed by atoms with van der Waals surface area (Å²) in [6, 6.07) is 10.4. The molecule has 1 unspecified atom stereocenters. The zero-order valence-electron chi connectivity index (χ0n) is 10.3. The first-order chi connectivity index (χ1) is 8.88. The van der Waals surface area contributed by atoms with E-state index in [9.17, 15) is 13.9 Å². The van der Waals surface area contributed by atoms with E-state index in [0.29, 0.717) is 15.6 Å². The zero-order valence-corrected chi connectivity index (χ0v) is 11.9. The molecule has 0 saturated heterocycles. The zero-order chi connectivity index (χ0) is 14.0. The lowest BCUT2D eigenvalue weighted by Crippen LogP contribution is -2.25. The second-order valence-electron chi connectivity index (χ2n) is 4.70. The minimum Gasteiger partial charge on any atom is -0.385 e. The van der Waals surface area contributed by atoms with Gasteiger partial charge in [-0.25, -0.2) is 8.78 Å². The Balaban J connectivity index is 2.30. The summed E-state index contributed by atoms with van der Waals surface area (Å²) < 4.78 is 27.6. The van der Waals surface area contributed by atoms with Crippen molar-refractivity contribution in [2.75, 3.05) is 0 Å². The highest BCUT2D eigenvalue weighted by Gasteiger charge is 2.25. The summed E-state index contributed by atoms with van der Waals surface area (Å²) in [7, 11) is 0. The van der Waals surface area contributed by atoms with E-state index in [1.54, 1.807) is 25.1 Å². The number of aliphatic hydroxyl groups is 1. The molecule has 1 nitrogen and oxygen atoms in total. The Hall–Kier alpha value is -1.26. The molecule has 2 rings (SSSR count). The van der Waals surface area contributed by atoms with Crippen LogP contribution in [0.5, 0.6) is 0 Å². The van der Waals surface area contributed by atoms with Gasteiger partial charge in [-0.3, -0.25) is 0 Å². The normalized spacial score (nSPS) is 14.2. The third-order valence-electron chi connectivity index (χ3n) is 3.00. The van der Waals surface area contributed by atoms with Gasteiger partial charge in [-0.1, -0.05) is 34.1 Å². The average molecular weight is 327 g/mol. The Kier molecular flexibility index (Phi) is 4.02. The molecule has 2 aromatic carbocycles. The number of rotatable bonds is 3. The highest BCUT2D eigenvalue weighted by Crippen LogP contribution is 2.27. The van der Waals surface area contributed by atoms with Gasteiger partial charge in [-0.2, -0.15) is 0 Å². The summed E-state index contributed by atoms with van der Waals surface area (Å²) in [6.07, 6.45) is 0.0789. The Morgan fingerprint density at radius 3 is 2.53 bits per heavy atom. The molecular formula is C15H13BrF2O. The molecule has 0 fully saturated rings. The van der Waals surface area contributed by atoms with Crippen LogP contribution in [0.4, 0.5) is 8.78 Å². The molecule has 0 heterocycles. The molecule has 0 aliphatic heterocycles. The van der Waals surface area contributed by atoms with Crippen molar-refractivity contribution in [3.63, 3.8) is 0 Å². The maximum atomic E-state index is 13.8. The maximum Gasteiger partial charge on any atom is 0.127 e. The molecule has 100 valence electrons. The van der Waals surface area contributed by atoms with E-state index < -0.39 is 17.2 Å². The first kappa shape index (κ1) is 14.2. The Morgan fingerprint density at radius 2 is 1.89 bits per heavy atom. The van der Waals surface area contributed by atoms with Crippen LogP contribution in [-0.2, 0) is 12.0 Å². The fourth-order valence-electron chi connectivity index (χ4n) is 1.96. The van der Waals surface area contributed by atoms with Crippen molar-refractivity contribution >= 4 is 15.9 Å². The van der Waals surface area contributed by atoms with Crippen molar-refractivity contribution in [1.82, 2.24) is 0 Å². The minimum absolute atomic E-state index is 0.0789. The first-order valence-electron chi connectivity index (χ1n) is 5.81. The molecule has 0 aliphatic carbocycles. The highest BCUT2D eigenvalue weighted by atomic mass is 79.9. The van der Waals surface area contributed by atoms with Gasteiger partial charge in [0.2, 0.25) is 0 Å². The van der Waals surface area contributed by atoms with Crippen molar-refractivity contribution in [3.05, 3.63) is 69.7 Å². The smallest absolute Gasteiger partial charge is 0.127 e. The van der Waals surface area contributed by atoms with Gasteiger partial charge in [0, 0.05) is 10.9 Å². The lowest BCUT2D eigenvalue weighted by Gasteiger charge is -2.24. The molecule has 0 amide bonds. The minimum atomic E-state index is -1.32. The molecule has 1 N–H and O–H groups in total. The van der Waals surface area contributed by atoms with Crippen LogP contribution in [0, 0.1) is 11.6 Å². The number of halogens is 3. The maximum absolute atomic E-state index is 13.8. The summed E-state index contributed by atoms with van der Waals surface area (Å²) in [5.41, 5.74) is -0.510. The molecule has 1 atom stereocenters. The van der Waals surface area contributed by atoms with Gasteiger partial charge < -0.3 is 5.11 Å². The van der Waals surface area contributed by atoms with Crippen LogP contribution in [-0.4, -0.2) is 5.11 Å². The van der Waals surface area contributed by atoms with Crippen LogP contribution in [0.15, 0.2) is 46.9 Å². The van der Waals surface area contributed by atoms with Crippen molar-refractivity contribution in [3.8, 4) is 0 Å². The van der Waals surface area contributed by atoms with Crippen LogP contribution in [0.1, 0.15) is 18.1 Å². The summed E-state index contributed by atoms with van der Waals surface area (Å²) in [5, 5.41) is 10.4. The predicted octanol–water partition coefficient (Wildman–Crippen LogP) is 4.18. The number of hydrogen-bond donors (Lipinski definition) is 1. The quantitative estimate of drug-likeness (QED) is 0.897. The molecule has 0 radical (unpaired) electrons. The molecular weight excluding hydrogens is 314 g/mol. The topological polar surface area (TPSA) is 20.2 Å².